The van der Waals surface area contributed by atoms with Crippen LogP contribution in [0.1, 0.15) is 34.8 Å². The normalized spacial score (nSPS) is 13.8. The summed E-state index contributed by atoms with van der Waals surface area (Å²) < 4.78 is 25.4. The molecule has 34 heavy (non-hydrogen) atoms. The lowest BCUT2D eigenvalue weighted by Crippen LogP contribution is -2.40. The van der Waals surface area contributed by atoms with Crippen molar-refractivity contribution in [3.8, 4) is 5.69 Å². The van der Waals surface area contributed by atoms with Crippen molar-refractivity contribution in [2.45, 2.75) is 37.8 Å². The van der Waals surface area contributed by atoms with Gasteiger partial charge in [0.15, 0.2) is 9.84 Å². The van der Waals surface area contributed by atoms with E-state index >= 15 is 0 Å². The number of nitrogens with one attached hydrogen (secondary N) is 1. The quantitative estimate of drug-likeness (QED) is 0.524. The molecular formula is C22H22Cl2N4O4S2. The number of aromatic nitrogens is 2. The molecule has 1 N–H and O–H groups in total. The van der Waals surface area contributed by atoms with E-state index in [2.05, 4.69) is 5.32 Å². The van der Waals surface area contributed by atoms with E-state index in [9.17, 15) is 18.0 Å². The lowest BCUT2D eigenvalue weighted by atomic mass is 10.1. The van der Waals surface area contributed by atoms with Crippen molar-refractivity contribution in [2.75, 3.05) is 18.1 Å². The monoisotopic (exact) mass is 540 g/mol. The van der Waals surface area contributed by atoms with Crippen LogP contribution < -0.4 is 10.9 Å². The zero-order valence-corrected chi connectivity index (χ0v) is 21.8. The number of fused-ring (bicyclic) bond motifs is 1. The van der Waals surface area contributed by atoms with Gasteiger partial charge < -0.3 is 10.2 Å². The highest BCUT2D eigenvalue weighted by atomic mass is 35.5. The average Bonchev–Trinajstić information content (AvgIpc) is 3.10. The second-order valence-electron chi connectivity index (χ2n) is 8.28. The summed E-state index contributed by atoms with van der Waals surface area (Å²) in [5.74, 6) is 0.104. The number of thiophene rings is 1. The van der Waals surface area contributed by atoms with E-state index in [0.717, 1.165) is 17.6 Å². The number of nitrogens with zero attached hydrogens (tertiary/aromatic N) is 3. The van der Waals surface area contributed by atoms with Gasteiger partial charge in [-0.1, -0.05) is 23.2 Å². The number of amides is 1. The first-order valence-electron chi connectivity index (χ1n) is 10.4. The number of carbonyl (C=O) groups is 1. The number of hydrogen-bond acceptors (Lipinski definition) is 7. The highest BCUT2D eigenvalue weighted by molar-refractivity contribution is 7.90. The fourth-order valence-electron chi connectivity index (χ4n) is 3.71. The van der Waals surface area contributed by atoms with Gasteiger partial charge in [0.25, 0.3) is 11.5 Å². The fraction of sp³-hybridized carbons (Fsp3) is 0.318. The molecule has 0 unspecified atom stereocenters. The lowest BCUT2D eigenvalue weighted by Gasteiger charge is -2.29. The Kier molecular flexibility index (Phi) is 6.78. The summed E-state index contributed by atoms with van der Waals surface area (Å²) in [6, 6.07) is 7.62. The molecule has 0 bridgehead atoms. The standard InChI is InChI=1S/C22H22Cl2N4O4S2/c1-12(2)25-22-26-17-11-27(21(30)18-10-16(23)19(24)33-18)9-8-15(17)20(29)28(22)13-4-6-14(7-5-13)34(3,31)32/h4-7,10,12H,8-9,11H2,1-3H3,(H,25,26). The van der Waals surface area contributed by atoms with Crippen LogP contribution in [-0.4, -0.2) is 47.6 Å². The lowest BCUT2D eigenvalue weighted by molar-refractivity contribution is 0.0736. The number of hydrogen-bond donors (Lipinski definition) is 1. The van der Waals surface area contributed by atoms with Gasteiger partial charge in [-0.15, -0.1) is 11.3 Å². The molecule has 2 aromatic heterocycles. The maximum atomic E-state index is 13.5. The van der Waals surface area contributed by atoms with Gasteiger partial charge in [0.05, 0.1) is 32.7 Å². The van der Waals surface area contributed by atoms with Gasteiger partial charge >= 0.3 is 0 Å². The van der Waals surface area contributed by atoms with Crippen LogP contribution in [0, 0.1) is 0 Å². The Morgan fingerprint density at radius 2 is 1.88 bits per heavy atom. The highest BCUT2D eigenvalue weighted by Gasteiger charge is 2.28. The minimum Gasteiger partial charge on any atom is -0.353 e. The van der Waals surface area contributed by atoms with Gasteiger partial charge in [-0.2, -0.15) is 0 Å². The summed E-state index contributed by atoms with van der Waals surface area (Å²) in [5, 5.41) is 3.52. The predicted octanol–water partition coefficient (Wildman–Crippen LogP) is 4.02. The Hall–Kier alpha value is -2.40. The second-order valence-corrected chi connectivity index (χ2v) is 12.4. The van der Waals surface area contributed by atoms with Gasteiger partial charge in [0, 0.05) is 24.4 Å². The van der Waals surface area contributed by atoms with Crippen LogP contribution in [0.3, 0.4) is 0 Å². The largest absolute Gasteiger partial charge is 0.353 e. The summed E-state index contributed by atoms with van der Waals surface area (Å²) >= 11 is 13.1. The molecule has 0 saturated carbocycles. The first-order valence-corrected chi connectivity index (χ1v) is 13.9. The summed E-state index contributed by atoms with van der Waals surface area (Å²) in [7, 11) is -3.37. The molecule has 1 amide bonds. The third kappa shape index (κ3) is 4.86. The molecule has 1 aliphatic rings. The molecule has 4 rings (SSSR count). The number of anilines is 1. The van der Waals surface area contributed by atoms with Crippen LogP contribution in [0.15, 0.2) is 40.0 Å². The summed E-state index contributed by atoms with van der Waals surface area (Å²) in [4.78, 5) is 33.4. The maximum Gasteiger partial charge on any atom is 0.264 e. The minimum atomic E-state index is -3.37. The molecule has 0 spiro atoms. The molecule has 0 radical (unpaired) electrons. The van der Waals surface area contributed by atoms with E-state index in [1.807, 2.05) is 13.8 Å². The van der Waals surface area contributed by atoms with Crippen molar-refractivity contribution < 1.29 is 13.2 Å². The summed E-state index contributed by atoms with van der Waals surface area (Å²) in [6.07, 6.45) is 1.47. The van der Waals surface area contributed by atoms with Gasteiger partial charge in [0.1, 0.15) is 4.34 Å². The third-order valence-electron chi connectivity index (χ3n) is 5.32. The molecular weight excluding hydrogens is 519 g/mol. The van der Waals surface area contributed by atoms with Crippen molar-refractivity contribution in [1.82, 2.24) is 14.5 Å². The Bertz CT molecular complexity index is 1410. The molecule has 1 aromatic carbocycles. The molecule has 0 aliphatic carbocycles. The Morgan fingerprint density at radius 1 is 1.21 bits per heavy atom. The number of benzene rings is 1. The van der Waals surface area contributed by atoms with Crippen molar-refractivity contribution in [1.29, 1.82) is 0 Å². The van der Waals surface area contributed by atoms with Gasteiger partial charge in [-0.25, -0.2) is 18.0 Å². The minimum absolute atomic E-state index is 0.0248. The molecule has 0 saturated heterocycles. The van der Waals surface area contributed by atoms with Crippen LogP contribution in [0.4, 0.5) is 5.95 Å². The van der Waals surface area contributed by atoms with Crippen molar-refractivity contribution in [3.63, 3.8) is 0 Å². The van der Waals surface area contributed by atoms with Crippen LogP contribution in [0.2, 0.25) is 9.36 Å². The van der Waals surface area contributed by atoms with Crippen LogP contribution >= 0.6 is 34.5 Å². The van der Waals surface area contributed by atoms with Crippen molar-refractivity contribution >= 4 is 56.2 Å². The predicted molar refractivity (Wildman–Crippen MR) is 134 cm³/mol. The number of sulfone groups is 1. The van der Waals surface area contributed by atoms with Gasteiger partial charge in [-0.3, -0.25) is 9.59 Å². The van der Waals surface area contributed by atoms with Crippen molar-refractivity contribution in [2.24, 2.45) is 0 Å². The van der Waals surface area contributed by atoms with Crippen molar-refractivity contribution in [3.05, 3.63) is 66.2 Å². The number of carbonyl (C=O) groups excluding carboxylic acids is 1. The van der Waals surface area contributed by atoms with Crippen LogP contribution in [0.5, 0.6) is 0 Å². The van der Waals surface area contributed by atoms with E-state index in [1.165, 1.54) is 16.7 Å². The molecule has 0 fully saturated rings. The van der Waals surface area contributed by atoms with E-state index in [1.54, 1.807) is 23.1 Å². The molecule has 1 aliphatic heterocycles. The Labute approximate surface area is 211 Å². The van der Waals surface area contributed by atoms with Gasteiger partial charge in [-0.05, 0) is 50.6 Å². The van der Waals surface area contributed by atoms with Gasteiger partial charge in [0.2, 0.25) is 5.95 Å². The third-order valence-corrected chi connectivity index (χ3v) is 8.30. The van der Waals surface area contributed by atoms with E-state index in [-0.39, 0.29) is 28.9 Å². The Morgan fingerprint density at radius 3 is 2.44 bits per heavy atom. The summed E-state index contributed by atoms with van der Waals surface area (Å²) in [5.41, 5.74) is 1.28. The van der Waals surface area contributed by atoms with Crippen LogP contribution in [0.25, 0.3) is 5.69 Å². The van der Waals surface area contributed by atoms with Crippen LogP contribution in [-0.2, 0) is 22.8 Å². The van der Waals surface area contributed by atoms with E-state index < -0.39 is 9.84 Å². The number of rotatable bonds is 5. The first kappa shape index (κ1) is 24.7. The molecule has 0 atom stereocenters. The Balaban J connectivity index is 1.74. The maximum absolute atomic E-state index is 13.5. The molecule has 8 nitrogen and oxygen atoms in total. The fourth-order valence-corrected chi connectivity index (χ4v) is 5.67. The second kappa shape index (κ2) is 9.33. The summed E-state index contributed by atoms with van der Waals surface area (Å²) in [6.45, 7) is 4.36. The first-order chi connectivity index (χ1) is 16.0. The SMILES string of the molecule is CC(C)Nc1nc2c(c(=O)n1-c1ccc(S(C)(=O)=O)cc1)CCN(C(=O)c1cc(Cl)c(Cl)s1)C2. The zero-order chi connectivity index (χ0) is 24.8. The smallest absolute Gasteiger partial charge is 0.264 e. The topological polar surface area (TPSA) is 101 Å². The average molecular weight is 541 g/mol. The van der Waals surface area contributed by atoms with E-state index in [4.69, 9.17) is 28.2 Å². The molecule has 180 valence electrons. The van der Waals surface area contributed by atoms with E-state index in [0.29, 0.717) is 50.1 Å². The molecule has 3 heterocycles. The number of halogens is 2. The highest BCUT2D eigenvalue weighted by Crippen LogP contribution is 2.33. The zero-order valence-electron chi connectivity index (χ0n) is 18.6. The molecule has 3 aromatic rings. The molecule has 12 heteroatoms.